The van der Waals surface area contributed by atoms with Crippen molar-refractivity contribution in [1.29, 1.82) is 0 Å². The molecule has 0 bridgehead atoms. The highest BCUT2D eigenvalue weighted by Crippen LogP contribution is 2.19. The number of hydrogen-bond donors (Lipinski definition) is 0. The minimum Gasteiger partial charge on any atom is -0.467 e. The lowest BCUT2D eigenvalue weighted by atomic mass is 10.2. The maximum absolute atomic E-state index is 11.7. The van der Waals surface area contributed by atoms with E-state index in [0.29, 0.717) is 12.1 Å². The highest BCUT2D eigenvalue weighted by molar-refractivity contribution is 7.09. The molecule has 5 heteroatoms. The second-order valence-electron chi connectivity index (χ2n) is 4.68. The van der Waals surface area contributed by atoms with Crippen LogP contribution in [0.2, 0.25) is 0 Å². The van der Waals surface area contributed by atoms with Crippen LogP contribution in [0.1, 0.15) is 26.7 Å². The fraction of sp³-hybridized carbons (Fsp3) is 0.188. The number of thiophene rings is 1. The highest BCUT2D eigenvalue weighted by Gasteiger charge is 2.14. The quantitative estimate of drug-likeness (QED) is 0.677. The number of aromatic nitrogens is 1. The first kappa shape index (κ1) is 13.7. The van der Waals surface area contributed by atoms with Crippen molar-refractivity contribution in [2.75, 3.05) is 7.11 Å². The van der Waals surface area contributed by atoms with Gasteiger partial charge in [-0.25, -0.2) is 4.79 Å². The summed E-state index contributed by atoms with van der Waals surface area (Å²) in [5.74, 6) is 0.537. The maximum Gasteiger partial charge on any atom is 0.339 e. The number of esters is 1. The molecule has 3 aromatic rings. The summed E-state index contributed by atoms with van der Waals surface area (Å²) in [6.07, 6.45) is 4.26. The predicted octanol–water partition coefficient (Wildman–Crippen LogP) is 3.57. The van der Waals surface area contributed by atoms with Crippen LogP contribution in [0.4, 0.5) is 0 Å². The summed E-state index contributed by atoms with van der Waals surface area (Å²) in [5.41, 5.74) is 1.63. The van der Waals surface area contributed by atoms with Gasteiger partial charge in [0.2, 0.25) is 0 Å². The van der Waals surface area contributed by atoms with E-state index in [4.69, 9.17) is 9.15 Å². The van der Waals surface area contributed by atoms with Gasteiger partial charge in [-0.3, -0.25) is 0 Å². The van der Waals surface area contributed by atoms with Gasteiger partial charge in [-0.2, -0.15) is 0 Å². The zero-order chi connectivity index (χ0) is 14.7. The van der Waals surface area contributed by atoms with Gasteiger partial charge in [0.15, 0.2) is 0 Å². The first-order valence-corrected chi connectivity index (χ1v) is 7.46. The van der Waals surface area contributed by atoms with E-state index in [1.54, 1.807) is 17.6 Å². The van der Waals surface area contributed by atoms with Gasteiger partial charge in [0.25, 0.3) is 0 Å². The SMILES string of the molecule is COC(=O)c1cc(Cc2cccs2)n(Cc2ccco2)c1. The zero-order valence-corrected chi connectivity index (χ0v) is 12.4. The number of carbonyl (C=O) groups is 1. The molecule has 0 radical (unpaired) electrons. The summed E-state index contributed by atoms with van der Waals surface area (Å²) in [4.78, 5) is 13.0. The number of rotatable bonds is 5. The monoisotopic (exact) mass is 301 g/mol. The van der Waals surface area contributed by atoms with Crippen LogP contribution in [0.5, 0.6) is 0 Å². The van der Waals surface area contributed by atoms with Crippen LogP contribution in [0.25, 0.3) is 0 Å². The topological polar surface area (TPSA) is 44.4 Å². The molecule has 0 aromatic carbocycles. The fourth-order valence-corrected chi connectivity index (χ4v) is 2.96. The lowest BCUT2D eigenvalue weighted by molar-refractivity contribution is 0.0600. The van der Waals surface area contributed by atoms with Crippen molar-refractivity contribution < 1.29 is 13.9 Å². The van der Waals surface area contributed by atoms with Crippen molar-refractivity contribution in [3.8, 4) is 0 Å². The van der Waals surface area contributed by atoms with Crippen LogP contribution in [-0.4, -0.2) is 17.6 Å². The molecule has 3 aromatic heterocycles. The molecule has 0 amide bonds. The molecule has 3 rings (SSSR count). The smallest absolute Gasteiger partial charge is 0.339 e. The maximum atomic E-state index is 11.7. The van der Waals surface area contributed by atoms with Crippen LogP contribution >= 0.6 is 11.3 Å². The van der Waals surface area contributed by atoms with Crippen molar-refractivity contribution in [3.63, 3.8) is 0 Å². The van der Waals surface area contributed by atoms with Gasteiger partial charge < -0.3 is 13.7 Å². The van der Waals surface area contributed by atoms with Crippen molar-refractivity contribution in [2.24, 2.45) is 0 Å². The normalized spacial score (nSPS) is 10.7. The van der Waals surface area contributed by atoms with E-state index in [2.05, 4.69) is 11.4 Å². The molecule has 0 spiro atoms. The van der Waals surface area contributed by atoms with Gasteiger partial charge in [0.1, 0.15) is 5.76 Å². The van der Waals surface area contributed by atoms with E-state index < -0.39 is 0 Å². The Morgan fingerprint density at radius 3 is 2.95 bits per heavy atom. The molecule has 0 unspecified atom stereocenters. The summed E-state index contributed by atoms with van der Waals surface area (Å²) < 4.78 is 12.2. The van der Waals surface area contributed by atoms with Crippen LogP contribution in [0.15, 0.2) is 52.6 Å². The third-order valence-corrected chi connectivity index (χ3v) is 4.13. The number of carbonyl (C=O) groups excluding carboxylic acids is 1. The molecule has 0 N–H and O–H groups in total. The minimum absolute atomic E-state index is 0.319. The molecule has 0 saturated heterocycles. The number of methoxy groups -OCH3 is 1. The second kappa shape index (κ2) is 6.01. The largest absolute Gasteiger partial charge is 0.467 e. The zero-order valence-electron chi connectivity index (χ0n) is 11.6. The Morgan fingerprint density at radius 2 is 2.29 bits per heavy atom. The molecule has 21 heavy (non-hydrogen) atoms. The van der Waals surface area contributed by atoms with Crippen LogP contribution in [-0.2, 0) is 17.7 Å². The van der Waals surface area contributed by atoms with E-state index in [1.807, 2.05) is 35.0 Å². The number of ether oxygens (including phenoxy) is 1. The molecule has 0 fully saturated rings. The summed E-state index contributed by atoms with van der Waals surface area (Å²) in [6, 6.07) is 9.79. The van der Waals surface area contributed by atoms with Crippen molar-refractivity contribution in [1.82, 2.24) is 4.57 Å². The Kier molecular flexibility index (Phi) is 3.92. The summed E-state index contributed by atoms with van der Waals surface area (Å²) in [6.45, 7) is 0.602. The molecule has 0 aliphatic carbocycles. The van der Waals surface area contributed by atoms with E-state index in [-0.39, 0.29) is 5.97 Å². The van der Waals surface area contributed by atoms with Gasteiger partial charge >= 0.3 is 5.97 Å². The average molecular weight is 301 g/mol. The van der Waals surface area contributed by atoms with E-state index in [0.717, 1.165) is 17.9 Å². The Labute approximate surface area is 126 Å². The highest BCUT2D eigenvalue weighted by atomic mass is 32.1. The average Bonchev–Trinajstić information content (AvgIpc) is 3.22. The van der Waals surface area contributed by atoms with E-state index in [1.165, 1.54) is 12.0 Å². The molecule has 0 saturated carbocycles. The van der Waals surface area contributed by atoms with Crippen LogP contribution < -0.4 is 0 Å². The third-order valence-electron chi connectivity index (χ3n) is 3.25. The second-order valence-corrected chi connectivity index (χ2v) is 5.71. The standard InChI is InChI=1S/C16H15NO3S/c1-19-16(18)12-8-13(9-15-5-3-7-21-15)17(10-12)11-14-4-2-6-20-14/h2-8,10H,9,11H2,1H3. The summed E-state index contributed by atoms with van der Waals surface area (Å²) in [5, 5.41) is 2.05. The molecule has 4 nitrogen and oxygen atoms in total. The summed E-state index contributed by atoms with van der Waals surface area (Å²) >= 11 is 1.70. The van der Waals surface area contributed by atoms with Crippen molar-refractivity contribution >= 4 is 17.3 Å². The molecule has 0 atom stereocenters. The lowest BCUT2D eigenvalue weighted by Crippen LogP contribution is -2.03. The molecule has 0 aliphatic heterocycles. The molecule has 3 heterocycles. The van der Waals surface area contributed by atoms with Gasteiger partial charge in [-0.1, -0.05) is 6.07 Å². The van der Waals surface area contributed by atoms with Crippen LogP contribution in [0.3, 0.4) is 0 Å². The predicted molar refractivity (Wildman–Crippen MR) is 80.7 cm³/mol. The van der Waals surface area contributed by atoms with Crippen molar-refractivity contribution in [2.45, 2.75) is 13.0 Å². The van der Waals surface area contributed by atoms with Gasteiger partial charge in [0, 0.05) is 23.2 Å². The first-order chi connectivity index (χ1) is 10.3. The van der Waals surface area contributed by atoms with Gasteiger partial charge in [0.05, 0.1) is 25.5 Å². The number of furan rings is 1. The fourth-order valence-electron chi connectivity index (χ4n) is 2.24. The molecule has 108 valence electrons. The van der Waals surface area contributed by atoms with Gasteiger partial charge in [-0.05, 0) is 29.6 Å². The summed E-state index contributed by atoms with van der Waals surface area (Å²) in [7, 11) is 1.39. The third kappa shape index (κ3) is 3.08. The minimum atomic E-state index is -0.319. The van der Waals surface area contributed by atoms with Gasteiger partial charge in [-0.15, -0.1) is 11.3 Å². The molecular weight excluding hydrogens is 286 g/mol. The Morgan fingerprint density at radius 1 is 1.38 bits per heavy atom. The Balaban J connectivity index is 1.91. The van der Waals surface area contributed by atoms with E-state index in [9.17, 15) is 4.79 Å². The molecule has 0 aliphatic rings. The Bertz CT molecular complexity index is 657. The van der Waals surface area contributed by atoms with Crippen LogP contribution in [0, 0.1) is 0 Å². The van der Waals surface area contributed by atoms with E-state index >= 15 is 0 Å². The van der Waals surface area contributed by atoms with Crippen molar-refractivity contribution in [3.05, 3.63) is 70.1 Å². The lowest BCUT2D eigenvalue weighted by Gasteiger charge is -2.06. The number of nitrogens with zero attached hydrogens (tertiary/aromatic N) is 1. The Hall–Kier alpha value is -2.27. The molecular formula is C16H15NO3S. The number of hydrogen-bond acceptors (Lipinski definition) is 4. The first-order valence-electron chi connectivity index (χ1n) is 6.58.